The predicted molar refractivity (Wildman–Crippen MR) is 97.3 cm³/mol. The highest BCUT2D eigenvalue weighted by atomic mass is 79.9. The third-order valence-electron chi connectivity index (χ3n) is 3.15. The first-order valence-electron chi connectivity index (χ1n) is 6.93. The number of anilines is 1. The molecule has 0 aromatic heterocycles. The molecule has 2 aromatic rings. The van der Waals surface area contributed by atoms with E-state index in [-0.39, 0.29) is 5.91 Å². The highest BCUT2D eigenvalue weighted by Gasteiger charge is 2.07. The Bertz CT molecular complexity index is 614. The SMILES string of the molecule is CSc1ccc(CN(C)CC(=O)Nc2ccc(Br)cc2)cc1. The van der Waals surface area contributed by atoms with Gasteiger partial charge in [0.25, 0.3) is 0 Å². The lowest BCUT2D eigenvalue weighted by atomic mass is 10.2. The summed E-state index contributed by atoms with van der Waals surface area (Å²) in [5.74, 6) is -0.00874. The van der Waals surface area contributed by atoms with Crippen molar-refractivity contribution in [3.8, 4) is 0 Å². The minimum Gasteiger partial charge on any atom is -0.325 e. The van der Waals surface area contributed by atoms with Crippen LogP contribution in [-0.4, -0.2) is 30.7 Å². The summed E-state index contributed by atoms with van der Waals surface area (Å²) in [5, 5.41) is 2.90. The lowest BCUT2D eigenvalue weighted by molar-refractivity contribution is -0.117. The van der Waals surface area contributed by atoms with Crippen molar-refractivity contribution in [2.45, 2.75) is 11.4 Å². The summed E-state index contributed by atoms with van der Waals surface area (Å²) in [6.45, 7) is 1.11. The van der Waals surface area contributed by atoms with Crippen LogP contribution in [0.4, 0.5) is 5.69 Å². The van der Waals surface area contributed by atoms with E-state index in [1.807, 2.05) is 36.2 Å². The summed E-state index contributed by atoms with van der Waals surface area (Å²) < 4.78 is 0.997. The van der Waals surface area contributed by atoms with Crippen molar-refractivity contribution >= 4 is 39.3 Å². The Balaban J connectivity index is 1.83. The molecule has 2 aromatic carbocycles. The first kappa shape index (κ1) is 17.1. The molecule has 3 nitrogen and oxygen atoms in total. The lowest BCUT2D eigenvalue weighted by Gasteiger charge is -2.16. The van der Waals surface area contributed by atoms with Crippen LogP contribution in [0.1, 0.15) is 5.56 Å². The van der Waals surface area contributed by atoms with E-state index in [1.165, 1.54) is 10.5 Å². The highest BCUT2D eigenvalue weighted by Crippen LogP contribution is 2.16. The van der Waals surface area contributed by atoms with Gasteiger partial charge in [-0.2, -0.15) is 0 Å². The maximum atomic E-state index is 12.0. The van der Waals surface area contributed by atoms with Crippen LogP contribution in [0.5, 0.6) is 0 Å². The van der Waals surface area contributed by atoms with Crippen LogP contribution in [0.2, 0.25) is 0 Å². The van der Waals surface area contributed by atoms with Gasteiger partial charge in [-0.25, -0.2) is 0 Å². The highest BCUT2D eigenvalue weighted by molar-refractivity contribution is 9.10. The number of rotatable bonds is 6. The molecule has 0 unspecified atom stereocenters. The number of nitrogens with zero attached hydrogens (tertiary/aromatic N) is 1. The zero-order valence-electron chi connectivity index (χ0n) is 12.7. The van der Waals surface area contributed by atoms with Crippen LogP contribution in [-0.2, 0) is 11.3 Å². The number of halogens is 1. The quantitative estimate of drug-likeness (QED) is 0.762. The Hall–Kier alpha value is -1.30. The van der Waals surface area contributed by atoms with Crippen LogP contribution < -0.4 is 5.32 Å². The van der Waals surface area contributed by atoms with Crippen LogP contribution in [0.3, 0.4) is 0 Å². The number of hydrogen-bond donors (Lipinski definition) is 1. The van der Waals surface area contributed by atoms with Gasteiger partial charge < -0.3 is 5.32 Å². The summed E-state index contributed by atoms with van der Waals surface area (Å²) in [6, 6.07) is 16.0. The molecule has 0 saturated carbocycles. The third-order valence-corrected chi connectivity index (χ3v) is 4.43. The number of nitrogens with one attached hydrogen (secondary N) is 1. The molecule has 0 fully saturated rings. The van der Waals surface area contributed by atoms with Crippen LogP contribution >= 0.6 is 27.7 Å². The Labute approximate surface area is 144 Å². The van der Waals surface area contributed by atoms with Crippen molar-refractivity contribution in [3.05, 3.63) is 58.6 Å². The molecule has 0 spiro atoms. The third kappa shape index (κ3) is 5.48. The van der Waals surface area contributed by atoms with E-state index in [4.69, 9.17) is 0 Å². The fraction of sp³-hybridized carbons (Fsp3) is 0.235. The zero-order valence-corrected chi connectivity index (χ0v) is 15.1. The van der Waals surface area contributed by atoms with Gasteiger partial charge in [0.05, 0.1) is 6.54 Å². The normalized spacial score (nSPS) is 10.7. The van der Waals surface area contributed by atoms with Gasteiger partial charge in [-0.1, -0.05) is 28.1 Å². The van der Waals surface area contributed by atoms with Crippen molar-refractivity contribution in [1.82, 2.24) is 4.90 Å². The Morgan fingerprint density at radius 2 is 1.77 bits per heavy atom. The van der Waals surface area contributed by atoms with E-state index in [0.29, 0.717) is 6.54 Å². The van der Waals surface area contributed by atoms with Crippen molar-refractivity contribution in [2.75, 3.05) is 25.2 Å². The fourth-order valence-corrected chi connectivity index (χ4v) is 2.75. The van der Waals surface area contributed by atoms with E-state index >= 15 is 0 Å². The standard InChI is InChI=1S/C17H19BrN2OS/c1-20(11-13-3-9-16(22-2)10-4-13)12-17(21)19-15-7-5-14(18)6-8-15/h3-10H,11-12H2,1-2H3,(H,19,21). The molecule has 0 heterocycles. The molecule has 0 saturated heterocycles. The van der Waals surface area contributed by atoms with Crippen LogP contribution in [0.15, 0.2) is 57.9 Å². The lowest BCUT2D eigenvalue weighted by Crippen LogP contribution is -2.29. The molecule has 116 valence electrons. The van der Waals surface area contributed by atoms with Gasteiger partial charge >= 0.3 is 0 Å². The topological polar surface area (TPSA) is 32.3 Å². The summed E-state index contributed by atoms with van der Waals surface area (Å²) in [6.07, 6.45) is 2.06. The van der Waals surface area contributed by atoms with E-state index in [9.17, 15) is 4.79 Å². The minimum atomic E-state index is -0.00874. The molecule has 0 atom stereocenters. The Kier molecular flexibility index (Phi) is 6.49. The maximum absolute atomic E-state index is 12.0. The van der Waals surface area contributed by atoms with Gasteiger partial charge in [0.15, 0.2) is 0 Å². The van der Waals surface area contributed by atoms with E-state index in [0.717, 1.165) is 16.7 Å². The van der Waals surface area contributed by atoms with Gasteiger partial charge in [-0.05, 0) is 55.3 Å². The Morgan fingerprint density at radius 1 is 1.14 bits per heavy atom. The molecule has 0 aliphatic rings. The maximum Gasteiger partial charge on any atom is 0.238 e. The van der Waals surface area contributed by atoms with E-state index < -0.39 is 0 Å². The van der Waals surface area contributed by atoms with Gasteiger partial charge in [0, 0.05) is 21.6 Å². The van der Waals surface area contributed by atoms with E-state index in [2.05, 4.69) is 51.8 Å². The second kappa shape index (κ2) is 8.36. The zero-order chi connectivity index (χ0) is 15.9. The smallest absolute Gasteiger partial charge is 0.238 e. The van der Waals surface area contributed by atoms with Crippen LogP contribution in [0, 0.1) is 0 Å². The van der Waals surface area contributed by atoms with Crippen molar-refractivity contribution in [3.63, 3.8) is 0 Å². The van der Waals surface area contributed by atoms with Gasteiger partial charge in [-0.3, -0.25) is 9.69 Å². The van der Waals surface area contributed by atoms with E-state index in [1.54, 1.807) is 11.8 Å². The molecule has 1 N–H and O–H groups in total. The summed E-state index contributed by atoms with van der Waals surface area (Å²) >= 11 is 5.10. The number of likely N-dealkylation sites (N-methyl/N-ethyl adjacent to an activating group) is 1. The first-order valence-corrected chi connectivity index (χ1v) is 8.95. The average molecular weight is 379 g/mol. The minimum absolute atomic E-state index is 0.00874. The number of amides is 1. The monoisotopic (exact) mass is 378 g/mol. The average Bonchev–Trinajstić information content (AvgIpc) is 2.50. The fourth-order valence-electron chi connectivity index (χ4n) is 2.08. The largest absolute Gasteiger partial charge is 0.325 e. The summed E-state index contributed by atoms with van der Waals surface area (Å²) in [4.78, 5) is 15.3. The number of carbonyl (C=O) groups is 1. The second-order valence-corrected chi connectivity index (χ2v) is 6.87. The number of hydrogen-bond acceptors (Lipinski definition) is 3. The van der Waals surface area contributed by atoms with Crippen LogP contribution in [0.25, 0.3) is 0 Å². The van der Waals surface area contributed by atoms with Crippen molar-refractivity contribution < 1.29 is 4.79 Å². The summed E-state index contributed by atoms with van der Waals surface area (Å²) in [5.41, 5.74) is 2.02. The first-order chi connectivity index (χ1) is 10.6. The molecular formula is C17H19BrN2OS. The molecule has 0 radical (unpaired) electrons. The molecule has 5 heteroatoms. The molecule has 22 heavy (non-hydrogen) atoms. The molecule has 2 rings (SSSR count). The molecule has 0 bridgehead atoms. The number of carbonyl (C=O) groups excluding carboxylic acids is 1. The Morgan fingerprint density at radius 3 is 2.36 bits per heavy atom. The molecule has 0 aliphatic carbocycles. The molecule has 0 aliphatic heterocycles. The molecular weight excluding hydrogens is 360 g/mol. The number of benzene rings is 2. The summed E-state index contributed by atoms with van der Waals surface area (Å²) in [7, 11) is 1.95. The van der Waals surface area contributed by atoms with Crippen molar-refractivity contribution in [1.29, 1.82) is 0 Å². The molecule has 1 amide bonds. The van der Waals surface area contributed by atoms with Crippen molar-refractivity contribution in [2.24, 2.45) is 0 Å². The second-order valence-electron chi connectivity index (χ2n) is 5.08. The van der Waals surface area contributed by atoms with Gasteiger partial charge in [0.1, 0.15) is 0 Å². The number of thioether (sulfide) groups is 1. The predicted octanol–water partition coefficient (Wildman–Crippen LogP) is 4.24. The van der Waals surface area contributed by atoms with Gasteiger partial charge in [-0.15, -0.1) is 11.8 Å². The van der Waals surface area contributed by atoms with Gasteiger partial charge in [0.2, 0.25) is 5.91 Å².